The third-order valence-corrected chi connectivity index (χ3v) is 2.20. The van der Waals surface area contributed by atoms with Gasteiger partial charge in [0.25, 0.3) is 0 Å². The lowest BCUT2D eigenvalue weighted by Crippen LogP contribution is -2.17. The Morgan fingerprint density at radius 2 is 2.06 bits per heavy atom. The van der Waals surface area contributed by atoms with Crippen LogP contribution in [0.25, 0.3) is 0 Å². The fraction of sp³-hybridized carbons (Fsp3) is 0.300. The molecule has 0 aliphatic carbocycles. The highest BCUT2D eigenvalue weighted by molar-refractivity contribution is 7.80. The van der Waals surface area contributed by atoms with Crippen molar-refractivity contribution >= 4 is 18.6 Å². The average Bonchev–Trinajstić information content (AvgIpc) is 2.21. The van der Waals surface area contributed by atoms with Gasteiger partial charge >= 0.3 is 12.3 Å². The zero-order valence-corrected chi connectivity index (χ0v) is 9.64. The largest absolute Gasteiger partial charge is 0.573 e. The predicted molar refractivity (Wildman–Crippen MR) is 56.1 cm³/mol. The fourth-order valence-corrected chi connectivity index (χ4v) is 1.30. The van der Waals surface area contributed by atoms with Gasteiger partial charge in [-0.2, -0.15) is 0 Å². The second-order valence-electron chi connectivity index (χ2n) is 3.10. The van der Waals surface area contributed by atoms with Crippen molar-refractivity contribution in [1.82, 2.24) is 0 Å². The second-order valence-corrected chi connectivity index (χ2v) is 3.58. The Bertz CT molecular complexity index is 418. The Labute approximate surface area is 101 Å². The van der Waals surface area contributed by atoms with E-state index in [0.29, 0.717) is 5.56 Å². The molecule has 0 N–H and O–H groups in total. The van der Waals surface area contributed by atoms with Crippen LogP contribution >= 0.6 is 12.6 Å². The quantitative estimate of drug-likeness (QED) is 0.674. The molecule has 0 bridgehead atoms. The molecule has 0 aromatic heterocycles. The van der Waals surface area contributed by atoms with Crippen molar-refractivity contribution in [2.75, 3.05) is 7.11 Å². The second kappa shape index (κ2) is 5.31. The van der Waals surface area contributed by atoms with Crippen molar-refractivity contribution in [2.24, 2.45) is 0 Å². The molecular weight excluding hydrogens is 257 g/mol. The summed E-state index contributed by atoms with van der Waals surface area (Å²) in [5.41, 5.74) is 0.355. The maximum atomic E-state index is 12.0. The Kier molecular flexibility index (Phi) is 4.28. The first kappa shape index (κ1) is 13.7. The molecule has 0 saturated heterocycles. The number of rotatable bonds is 3. The van der Waals surface area contributed by atoms with Crippen molar-refractivity contribution in [3.05, 3.63) is 23.8 Å². The molecule has 1 aromatic rings. The Hall–Kier alpha value is -1.37. The van der Waals surface area contributed by atoms with Crippen LogP contribution in [-0.4, -0.2) is 19.4 Å². The lowest BCUT2D eigenvalue weighted by Gasteiger charge is -2.11. The molecule has 0 aliphatic heterocycles. The van der Waals surface area contributed by atoms with E-state index in [1.54, 1.807) is 0 Å². The first-order valence-corrected chi connectivity index (χ1v) is 4.91. The molecule has 0 fully saturated rings. The summed E-state index contributed by atoms with van der Waals surface area (Å²) in [7, 11) is 1.20. The fourth-order valence-electron chi connectivity index (χ4n) is 1.11. The molecule has 0 spiro atoms. The molecule has 0 radical (unpaired) electrons. The number of methoxy groups -OCH3 is 1. The molecule has 1 rings (SSSR count). The van der Waals surface area contributed by atoms with Crippen molar-refractivity contribution in [3.63, 3.8) is 0 Å². The molecule has 1 aromatic carbocycles. The third kappa shape index (κ3) is 4.56. The van der Waals surface area contributed by atoms with E-state index in [1.165, 1.54) is 19.2 Å². The molecule has 7 heteroatoms. The molecule has 0 saturated carbocycles. The van der Waals surface area contributed by atoms with Gasteiger partial charge in [-0.05, 0) is 17.7 Å². The van der Waals surface area contributed by atoms with Crippen LogP contribution in [0.1, 0.15) is 5.56 Å². The summed E-state index contributed by atoms with van der Waals surface area (Å²) in [6.45, 7) is 0. The minimum absolute atomic E-state index is 0.0379. The van der Waals surface area contributed by atoms with Crippen LogP contribution in [-0.2, 0) is 16.0 Å². The summed E-state index contributed by atoms with van der Waals surface area (Å²) in [5.74, 6) is -0.989. The van der Waals surface area contributed by atoms with E-state index < -0.39 is 18.1 Å². The van der Waals surface area contributed by atoms with Gasteiger partial charge in [0.05, 0.1) is 13.5 Å². The van der Waals surface area contributed by atoms with Gasteiger partial charge in [-0.1, -0.05) is 6.07 Å². The smallest absolute Gasteiger partial charge is 0.469 e. The lowest BCUT2D eigenvalue weighted by atomic mass is 10.1. The van der Waals surface area contributed by atoms with Crippen LogP contribution in [0.4, 0.5) is 13.2 Å². The number of carbonyl (C=O) groups excluding carboxylic acids is 1. The monoisotopic (exact) mass is 266 g/mol. The van der Waals surface area contributed by atoms with Crippen LogP contribution in [0.2, 0.25) is 0 Å². The van der Waals surface area contributed by atoms with E-state index in [0.717, 1.165) is 6.07 Å². The molecule has 0 amide bonds. The number of halogens is 3. The van der Waals surface area contributed by atoms with E-state index in [4.69, 9.17) is 0 Å². The SMILES string of the molecule is COC(=O)Cc1ccc(S)c(OC(F)(F)F)c1. The van der Waals surface area contributed by atoms with Crippen molar-refractivity contribution < 1.29 is 27.4 Å². The van der Waals surface area contributed by atoms with Crippen LogP contribution in [0.15, 0.2) is 23.1 Å². The van der Waals surface area contributed by atoms with E-state index in [9.17, 15) is 18.0 Å². The van der Waals surface area contributed by atoms with Crippen LogP contribution in [0.5, 0.6) is 5.75 Å². The highest BCUT2D eigenvalue weighted by Crippen LogP contribution is 2.29. The Morgan fingerprint density at radius 3 is 2.59 bits per heavy atom. The van der Waals surface area contributed by atoms with Gasteiger partial charge in [0.2, 0.25) is 0 Å². The molecule has 0 heterocycles. The molecule has 0 atom stereocenters. The standard InChI is InChI=1S/C10H9F3O3S/c1-15-9(14)5-6-2-3-8(17)7(4-6)16-10(11,12)13/h2-4,17H,5H2,1H3. The van der Waals surface area contributed by atoms with E-state index in [-0.39, 0.29) is 11.3 Å². The number of hydrogen-bond donors (Lipinski definition) is 1. The van der Waals surface area contributed by atoms with E-state index >= 15 is 0 Å². The van der Waals surface area contributed by atoms with Crippen LogP contribution in [0, 0.1) is 0 Å². The molecule has 94 valence electrons. The zero-order valence-electron chi connectivity index (χ0n) is 8.75. The molecule has 0 aliphatic rings. The lowest BCUT2D eigenvalue weighted by molar-refractivity contribution is -0.275. The van der Waals surface area contributed by atoms with Gasteiger partial charge in [0.15, 0.2) is 0 Å². The van der Waals surface area contributed by atoms with Gasteiger partial charge in [-0.25, -0.2) is 0 Å². The van der Waals surface area contributed by atoms with Crippen LogP contribution in [0.3, 0.4) is 0 Å². The summed E-state index contributed by atoms with van der Waals surface area (Å²) in [5, 5.41) is 0. The highest BCUT2D eigenvalue weighted by atomic mass is 32.1. The number of hydrogen-bond acceptors (Lipinski definition) is 4. The molecular formula is C10H9F3O3S. The zero-order chi connectivity index (χ0) is 13.1. The summed E-state index contributed by atoms with van der Waals surface area (Å²) in [6, 6.07) is 3.90. The molecule has 17 heavy (non-hydrogen) atoms. The summed E-state index contributed by atoms with van der Waals surface area (Å²) in [4.78, 5) is 11.0. The van der Waals surface area contributed by atoms with Crippen molar-refractivity contribution in [1.29, 1.82) is 0 Å². The van der Waals surface area contributed by atoms with Crippen LogP contribution < -0.4 is 4.74 Å². The summed E-state index contributed by atoms with van der Waals surface area (Å²) in [6.07, 6.45) is -4.92. The first-order chi connectivity index (χ1) is 7.81. The topological polar surface area (TPSA) is 35.5 Å². The predicted octanol–water partition coefficient (Wildman–Crippen LogP) is 2.59. The van der Waals surface area contributed by atoms with Gasteiger partial charge in [0.1, 0.15) is 5.75 Å². The van der Waals surface area contributed by atoms with Gasteiger partial charge < -0.3 is 9.47 Å². The maximum Gasteiger partial charge on any atom is 0.573 e. The van der Waals surface area contributed by atoms with Crippen molar-refractivity contribution in [2.45, 2.75) is 17.7 Å². The highest BCUT2D eigenvalue weighted by Gasteiger charge is 2.32. The minimum atomic E-state index is -4.79. The number of esters is 1. The minimum Gasteiger partial charge on any atom is -0.469 e. The number of thiol groups is 1. The van der Waals surface area contributed by atoms with Gasteiger partial charge in [-0.3, -0.25) is 4.79 Å². The first-order valence-electron chi connectivity index (χ1n) is 4.46. The van der Waals surface area contributed by atoms with Gasteiger partial charge in [0, 0.05) is 4.90 Å². The normalized spacial score (nSPS) is 11.1. The Morgan fingerprint density at radius 1 is 1.41 bits per heavy atom. The third-order valence-electron chi connectivity index (χ3n) is 1.83. The number of alkyl halides is 3. The molecule has 3 nitrogen and oxygen atoms in total. The summed E-state index contributed by atoms with van der Waals surface area (Å²) >= 11 is 3.83. The Balaban J connectivity index is 2.90. The van der Waals surface area contributed by atoms with E-state index in [2.05, 4.69) is 22.1 Å². The number of benzene rings is 1. The summed E-state index contributed by atoms with van der Waals surface area (Å²) < 4.78 is 44.3. The van der Waals surface area contributed by atoms with Gasteiger partial charge in [-0.15, -0.1) is 25.8 Å². The number of ether oxygens (including phenoxy) is 2. The number of carbonyl (C=O) groups is 1. The van der Waals surface area contributed by atoms with E-state index in [1.807, 2.05) is 0 Å². The van der Waals surface area contributed by atoms with Crippen molar-refractivity contribution in [3.8, 4) is 5.75 Å². The molecule has 0 unspecified atom stereocenters. The average molecular weight is 266 g/mol. The maximum absolute atomic E-state index is 12.0.